The summed E-state index contributed by atoms with van der Waals surface area (Å²) in [6, 6.07) is 0. The van der Waals surface area contributed by atoms with Gasteiger partial charge < -0.3 is 14.2 Å². The molecule has 0 aromatic carbocycles. The van der Waals surface area contributed by atoms with Gasteiger partial charge in [0.1, 0.15) is 0 Å². The fourth-order valence-electron chi connectivity index (χ4n) is 2.45. The maximum absolute atomic E-state index is 6.08. The molecule has 0 aromatic rings. The molecule has 0 bridgehead atoms. The fourth-order valence-corrected chi connectivity index (χ4v) is 2.45. The minimum Gasteiger partial charge on any atom is -0.384 e. The zero-order valence-electron chi connectivity index (χ0n) is 12.8. The number of hydrogen-bond acceptors (Lipinski definition) is 3. The quantitative estimate of drug-likeness (QED) is 0.635. The molecule has 0 amide bonds. The lowest BCUT2D eigenvalue weighted by molar-refractivity contribution is -0.139. The summed E-state index contributed by atoms with van der Waals surface area (Å²) in [4.78, 5) is 0. The molecular weight excluding hydrogens is 228 g/mol. The molecule has 1 fully saturated rings. The van der Waals surface area contributed by atoms with E-state index in [9.17, 15) is 0 Å². The second-order valence-electron chi connectivity index (χ2n) is 6.25. The molecule has 0 unspecified atom stereocenters. The van der Waals surface area contributed by atoms with Crippen molar-refractivity contribution in [2.45, 2.75) is 52.6 Å². The molecule has 108 valence electrons. The lowest BCUT2D eigenvalue weighted by atomic mass is 9.65. The second-order valence-corrected chi connectivity index (χ2v) is 6.25. The summed E-state index contributed by atoms with van der Waals surface area (Å²) in [5, 5.41) is 0. The Morgan fingerprint density at radius 1 is 1.00 bits per heavy atom. The third-order valence-electron chi connectivity index (χ3n) is 4.81. The van der Waals surface area contributed by atoms with Crippen LogP contribution in [0.1, 0.15) is 46.5 Å². The van der Waals surface area contributed by atoms with E-state index >= 15 is 0 Å². The standard InChI is InChI=1S/C15H30O3/c1-6-14(2,3)15(10-16-4,11-17-5)12-18-13-8-7-9-13/h13H,6-12H2,1-5H3. The molecule has 3 heteroatoms. The third kappa shape index (κ3) is 3.46. The molecule has 0 heterocycles. The van der Waals surface area contributed by atoms with Crippen molar-refractivity contribution in [3.63, 3.8) is 0 Å². The smallest absolute Gasteiger partial charge is 0.0575 e. The van der Waals surface area contributed by atoms with Crippen LogP contribution in [0, 0.1) is 10.8 Å². The first-order chi connectivity index (χ1) is 8.51. The van der Waals surface area contributed by atoms with Gasteiger partial charge in [-0.05, 0) is 24.7 Å². The van der Waals surface area contributed by atoms with Crippen molar-refractivity contribution in [2.24, 2.45) is 10.8 Å². The van der Waals surface area contributed by atoms with Crippen LogP contribution in [0.15, 0.2) is 0 Å². The fraction of sp³-hybridized carbons (Fsp3) is 1.00. The van der Waals surface area contributed by atoms with Gasteiger partial charge in [0.2, 0.25) is 0 Å². The predicted octanol–water partition coefficient (Wildman–Crippen LogP) is 3.27. The van der Waals surface area contributed by atoms with E-state index < -0.39 is 0 Å². The molecule has 0 spiro atoms. The highest BCUT2D eigenvalue weighted by atomic mass is 16.5. The van der Waals surface area contributed by atoms with Gasteiger partial charge in [-0.15, -0.1) is 0 Å². The van der Waals surface area contributed by atoms with Gasteiger partial charge in [0.05, 0.1) is 25.9 Å². The first kappa shape index (κ1) is 15.9. The van der Waals surface area contributed by atoms with Crippen LogP contribution in [-0.4, -0.2) is 40.1 Å². The van der Waals surface area contributed by atoms with E-state index in [1.807, 2.05) is 0 Å². The minimum absolute atomic E-state index is 0.0547. The number of hydrogen-bond donors (Lipinski definition) is 0. The Morgan fingerprint density at radius 3 is 1.89 bits per heavy atom. The number of ether oxygens (including phenoxy) is 3. The molecule has 1 aliphatic carbocycles. The van der Waals surface area contributed by atoms with Gasteiger partial charge in [-0.2, -0.15) is 0 Å². The largest absolute Gasteiger partial charge is 0.384 e. The summed E-state index contributed by atoms with van der Waals surface area (Å²) in [6.07, 6.45) is 5.29. The molecule has 1 rings (SSSR count). The Hall–Kier alpha value is -0.120. The Labute approximate surface area is 112 Å². The van der Waals surface area contributed by atoms with Crippen LogP contribution >= 0.6 is 0 Å². The van der Waals surface area contributed by atoms with Crippen molar-refractivity contribution >= 4 is 0 Å². The minimum atomic E-state index is -0.0547. The first-order valence-corrected chi connectivity index (χ1v) is 7.11. The van der Waals surface area contributed by atoms with Gasteiger partial charge >= 0.3 is 0 Å². The maximum Gasteiger partial charge on any atom is 0.0575 e. The monoisotopic (exact) mass is 258 g/mol. The molecule has 0 saturated heterocycles. The van der Waals surface area contributed by atoms with E-state index in [4.69, 9.17) is 14.2 Å². The second kappa shape index (κ2) is 6.88. The molecule has 1 aliphatic rings. The number of rotatable bonds is 9. The maximum atomic E-state index is 6.08. The van der Waals surface area contributed by atoms with Crippen LogP contribution in [0.4, 0.5) is 0 Å². The highest BCUT2D eigenvalue weighted by Gasteiger charge is 2.45. The van der Waals surface area contributed by atoms with Crippen LogP contribution in [0.5, 0.6) is 0 Å². The van der Waals surface area contributed by atoms with Crippen molar-refractivity contribution in [3.8, 4) is 0 Å². The lowest BCUT2D eigenvalue weighted by Crippen LogP contribution is -2.49. The van der Waals surface area contributed by atoms with Crippen molar-refractivity contribution < 1.29 is 14.2 Å². The van der Waals surface area contributed by atoms with Crippen molar-refractivity contribution in [3.05, 3.63) is 0 Å². The Morgan fingerprint density at radius 2 is 1.56 bits per heavy atom. The third-order valence-corrected chi connectivity index (χ3v) is 4.81. The van der Waals surface area contributed by atoms with E-state index in [1.165, 1.54) is 19.3 Å². The van der Waals surface area contributed by atoms with E-state index in [-0.39, 0.29) is 10.8 Å². The van der Waals surface area contributed by atoms with E-state index in [1.54, 1.807) is 14.2 Å². The van der Waals surface area contributed by atoms with E-state index in [2.05, 4.69) is 20.8 Å². The van der Waals surface area contributed by atoms with Crippen LogP contribution in [-0.2, 0) is 14.2 Å². The molecule has 0 aromatic heterocycles. The summed E-state index contributed by atoms with van der Waals surface area (Å²) in [6.45, 7) is 8.91. The Bertz CT molecular complexity index is 228. The molecule has 3 nitrogen and oxygen atoms in total. The van der Waals surface area contributed by atoms with Crippen LogP contribution in [0.25, 0.3) is 0 Å². The van der Waals surface area contributed by atoms with Crippen molar-refractivity contribution in [1.29, 1.82) is 0 Å². The van der Waals surface area contributed by atoms with Crippen LogP contribution in [0.2, 0.25) is 0 Å². The van der Waals surface area contributed by atoms with Gasteiger partial charge in [0, 0.05) is 19.6 Å². The highest BCUT2D eigenvalue weighted by Crippen LogP contribution is 2.43. The predicted molar refractivity (Wildman–Crippen MR) is 73.8 cm³/mol. The van der Waals surface area contributed by atoms with Crippen molar-refractivity contribution in [1.82, 2.24) is 0 Å². The van der Waals surface area contributed by atoms with Crippen LogP contribution < -0.4 is 0 Å². The van der Waals surface area contributed by atoms with Gasteiger partial charge in [-0.25, -0.2) is 0 Å². The molecule has 0 radical (unpaired) electrons. The molecule has 0 aliphatic heterocycles. The highest BCUT2D eigenvalue weighted by molar-refractivity contribution is 4.93. The van der Waals surface area contributed by atoms with Gasteiger partial charge in [0.15, 0.2) is 0 Å². The summed E-state index contributed by atoms with van der Waals surface area (Å²) in [5.41, 5.74) is 0.0869. The van der Waals surface area contributed by atoms with Gasteiger partial charge in [-0.3, -0.25) is 0 Å². The molecular formula is C15H30O3. The zero-order chi connectivity index (χ0) is 13.6. The summed E-state index contributed by atoms with van der Waals surface area (Å²) in [5.74, 6) is 0. The average Bonchev–Trinajstić information content (AvgIpc) is 2.27. The SMILES string of the molecule is CCC(C)(C)C(COC)(COC)COC1CCC1. The molecule has 1 saturated carbocycles. The summed E-state index contributed by atoms with van der Waals surface area (Å²) >= 11 is 0. The first-order valence-electron chi connectivity index (χ1n) is 7.11. The zero-order valence-corrected chi connectivity index (χ0v) is 12.8. The average molecular weight is 258 g/mol. The van der Waals surface area contributed by atoms with Gasteiger partial charge in [-0.1, -0.05) is 27.2 Å². The lowest BCUT2D eigenvalue weighted by Gasteiger charge is -2.46. The molecule has 0 atom stereocenters. The molecule has 0 N–H and O–H groups in total. The van der Waals surface area contributed by atoms with E-state index in [0.717, 1.165) is 13.0 Å². The van der Waals surface area contributed by atoms with E-state index in [0.29, 0.717) is 19.3 Å². The number of methoxy groups -OCH3 is 2. The molecule has 18 heavy (non-hydrogen) atoms. The van der Waals surface area contributed by atoms with Crippen molar-refractivity contribution in [2.75, 3.05) is 34.0 Å². The Kier molecular flexibility index (Phi) is 6.09. The summed E-state index contributed by atoms with van der Waals surface area (Å²) in [7, 11) is 3.53. The Balaban J connectivity index is 2.73. The normalized spacial score (nSPS) is 17.8. The summed E-state index contributed by atoms with van der Waals surface area (Å²) < 4.78 is 17.0. The van der Waals surface area contributed by atoms with Crippen LogP contribution in [0.3, 0.4) is 0 Å². The topological polar surface area (TPSA) is 27.7 Å². The van der Waals surface area contributed by atoms with Gasteiger partial charge in [0.25, 0.3) is 0 Å².